The molecule has 6 nitrogen and oxygen atoms in total. The quantitative estimate of drug-likeness (QED) is 0.721. The summed E-state index contributed by atoms with van der Waals surface area (Å²) in [6, 6.07) is 5.52. The van der Waals surface area contributed by atoms with Crippen LogP contribution in [0.15, 0.2) is 30.7 Å². The van der Waals surface area contributed by atoms with Gasteiger partial charge in [-0.15, -0.1) is 0 Å². The highest BCUT2D eigenvalue weighted by Crippen LogP contribution is 2.29. The SMILES string of the molecule is Cc1ccc2[nH]ncc2c1-c1cc(C(N)=O)ncn1. The van der Waals surface area contributed by atoms with Crippen LogP contribution in [-0.4, -0.2) is 26.1 Å². The van der Waals surface area contributed by atoms with E-state index < -0.39 is 5.91 Å². The van der Waals surface area contributed by atoms with Gasteiger partial charge in [0, 0.05) is 10.9 Å². The maximum absolute atomic E-state index is 11.2. The number of aryl methyl sites for hydroxylation is 1. The van der Waals surface area contributed by atoms with Gasteiger partial charge in [0.2, 0.25) is 0 Å². The first-order chi connectivity index (χ1) is 9.16. The number of rotatable bonds is 2. The van der Waals surface area contributed by atoms with Crippen LogP contribution in [0.2, 0.25) is 0 Å². The molecule has 0 bridgehead atoms. The van der Waals surface area contributed by atoms with Gasteiger partial charge in [-0.1, -0.05) is 6.07 Å². The number of carbonyl (C=O) groups is 1. The average Bonchev–Trinajstić information content (AvgIpc) is 2.87. The van der Waals surface area contributed by atoms with Gasteiger partial charge in [0.25, 0.3) is 5.91 Å². The minimum atomic E-state index is -0.569. The first kappa shape index (κ1) is 11.3. The molecule has 2 heterocycles. The van der Waals surface area contributed by atoms with Gasteiger partial charge < -0.3 is 5.73 Å². The third-order valence-electron chi connectivity index (χ3n) is 3.01. The molecule has 1 amide bonds. The Labute approximate surface area is 108 Å². The zero-order valence-corrected chi connectivity index (χ0v) is 10.2. The maximum Gasteiger partial charge on any atom is 0.267 e. The maximum atomic E-state index is 11.2. The van der Waals surface area contributed by atoms with Crippen LogP contribution in [0.4, 0.5) is 0 Å². The summed E-state index contributed by atoms with van der Waals surface area (Å²) in [5, 5.41) is 7.89. The Balaban J connectivity index is 2.29. The van der Waals surface area contributed by atoms with Crippen LogP contribution >= 0.6 is 0 Å². The van der Waals surface area contributed by atoms with E-state index in [4.69, 9.17) is 5.73 Å². The molecule has 0 spiro atoms. The van der Waals surface area contributed by atoms with E-state index in [1.54, 1.807) is 12.3 Å². The summed E-state index contributed by atoms with van der Waals surface area (Å²) in [5.74, 6) is -0.569. The van der Waals surface area contributed by atoms with Gasteiger partial charge in [-0.3, -0.25) is 9.89 Å². The molecule has 94 valence electrons. The molecule has 19 heavy (non-hydrogen) atoms. The van der Waals surface area contributed by atoms with Crippen LogP contribution in [0.5, 0.6) is 0 Å². The van der Waals surface area contributed by atoms with Crippen LogP contribution in [0.1, 0.15) is 16.1 Å². The summed E-state index contributed by atoms with van der Waals surface area (Å²) in [5.41, 5.74) is 8.99. The molecular formula is C13H11N5O. The molecule has 0 aliphatic carbocycles. The van der Waals surface area contributed by atoms with E-state index in [1.165, 1.54) is 6.33 Å². The summed E-state index contributed by atoms with van der Waals surface area (Å²) in [7, 11) is 0. The van der Waals surface area contributed by atoms with E-state index in [1.807, 2.05) is 19.1 Å². The Morgan fingerprint density at radius 3 is 2.95 bits per heavy atom. The monoisotopic (exact) mass is 253 g/mol. The average molecular weight is 253 g/mol. The number of nitrogens with zero attached hydrogens (tertiary/aromatic N) is 3. The number of amides is 1. The molecular weight excluding hydrogens is 242 g/mol. The van der Waals surface area contributed by atoms with E-state index in [0.29, 0.717) is 5.69 Å². The van der Waals surface area contributed by atoms with Crippen LogP contribution in [0.25, 0.3) is 22.2 Å². The summed E-state index contributed by atoms with van der Waals surface area (Å²) >= 11 is 0. The van der Waals surface area contributed by atoms with Crippen molar-refractivity contribution >= 4 is 16.8 Å². The number of fused-ring (bicyclic) bond motifs is 1. The van der Waals surface area contributed by atoms with Gasteiger partial charge in [-0.05, 0) is 24.6 Å². The Hall–Kier alpha value is -2.76. The first-order valence-electron chi connectivity index (χ1n) is 5.71. The number of primary amides is 1. The van der Waals surface area contributed by atoms with Crippen LogP contribution < -0.4 is 5.73 Å². The molecule has 1 aromatic carbocycles. The lowest BCUT2D eigenvalue weighted by Crippen LogP contribution is -2.13. The summed E-state index contributed by atoms with van der Waals surface area (Å²) in [4.78, 5) is 19.3. The van der Waals surface area contributed by atoms with Crippen molar-refractivity contribution in [1.82, 2.24) is 20.2 Å². The number of hydrogen-bond donors (Lipinski definition) is 2. The number of aromatic nitrogens is 4. The lowest BCUT2D eigenvalue weighted by atomic mass is 10.0. The minimum Gasteiger partial charge on any atom is -0.364 e. The van der Waals surface area contributed by atoms with Crippen molar-refractivity contribution in [3.05, 3.63) is 42.0 Å². The highest BCUT2D eigenvalue weighted by Gasteiger charge is 2.12. The van der Waals surface area contributed by atoms with E-state index in [-0.39, 0.29) is 5.69 Å². The summed E-state index contributed by atoms with van der Waals surface area (Å²) < 4.78 is 0. The molecule has 2 aromatic heterocycles. The highest BCUT2D eigenvalue weighted by atomic mass is 16.1. The molecule has 0 aliphatic rings. The van der Waals surface area contributed by atoms with Crippen LogP contribution in [0.3, 0.4) is 0 Å². The topological polar surface area (TPSA) is 97.6 Å². The molecule has 0 radical (unpaired) electrons. The van der Waals surface area contributed by atoms with E-state index >= 15 is 0 Å². The molecule has 0 fully saturated rings. The first-order valence-corrected chi connectivity index (χ1v) is 5.71. The number of aromatic amines is 1. The molecule has 0 saturated carbocycles. The Morgan fingerprint density at radius 2 is 2.16 bits per heavy atom. The Morgan fingerprint density at radius 1 is 1.32 bits per heavy atom. The molecule has 0 aliphatic heterocycles. The van der Waals surface area contributed by atoms with Crippen molar-refractivity contribution in [3.8, 4) is 11.3 Å². The van der Waals surface area contributed by atoms with Gasteiger partial charge in [-0.2, -0.15) is 5.10 Å². The van der Waals surface area contributed by atoms with Crippen LogP contribution in [0, 0.1) is 6.92 Å². The van der Waals surface area contributed by atoms with Gasteiger partial charge >= 0.3 is 0 Å². The minimum absolute atomic E-state index is 0.199. The third kappa shape index (κ3) is 1.83. The highest BCUT2D eigenvalue weighted by molar-refractivity contribution is 5.97. The molecule has 3 N–H and O–H groups in total. The Kier molecular flexibility index (Phi) is 2.49. The standard InChI is InChI=1S/C13H11N5O/c1-7-2-3-9-8(5-17-18-9)12(7)10-4-11(13(14)19)16-6-15-10/h2-6H,1H3,(H2,14,19)(H,17,18). The molecule has 3 aromatic rings. The fourth-order valence-corrected chi connectivity index (χ4v) is 2.10. The number of nitrogens with two attached hydrogens (primary N) is 1. The largest absolute Gasteiger partial charge is 0.364 e. The smallest absolute Gasteiger partial charge is 0.267 e. The lowest BCUT2D eigenvalue weighted by Gasteiger charge is -2.07. The summed E-state index contributed by atoms with van der Waals surface area (Å²) in [6.07, 6.45) is 3.08. The van der Waals surface area contributed by atoms with Gasteiger partial charge in [-0.25, -0.2) is 9.97 Å². The lowest BCUT2D eigenvalue weighted by molar-refractivity contribution is 0.0995. The molecule has 6 heteroatoms. The van der Waals surface area contributed by atoms with Gasteiger partial charge in [0.15, 0.2) is 0 Å². The van der Waals surface area contributed by atoms with Gasteiger partial charge in [0.1, 0.15) is 12.0 Å². The second-order valence-electron chi connectivity index (χ2n) is 4.24. The third-order valence-corrected chi connectivity index (χ3v) is 3.01. The Bertz CT molecular complexity index is 778. The van der Waals surface area contributed by atoms with Crippen LogP contribution in [-0.2, 0) is 0 Å². The van der Waals surface area contributed by atoms with Crippen molar-refractivity contribution in [3.63, 3.8) is 0 Å². The number of nitrogens with one attached hydrogen (secondary N) is 1. The predicted molar refractivity (Wildman–Crippen MR) is 70.4 cm³/mol. The number of hydrogen-bond acceptors (Lipinski definition) is 4. The normalized spacial score (nSPS) is 10.8. The fourth-order valence-electron chi connectivity index (χ4n) is 2.10. The zero-order valence-electron chi connectivity index (χ0n) is 10.2. The summed E-state index contributed by atoms with van der Waals surface area (Å²) in [6.45, 7) is 1.98. The zero-order chi connectivity index (χ0) is 13.4. The second kappa shape index (κ2) is 4.16. The van der Waals surface area contributed by atoms with Gasteiger partial charge in [0.05, 0.1) is 17.4 Å². The molecule has 0 unspecified atom stereocenters. The van der Waals surface area contributed by atoms with Crippen molar-refractivity contribution in [2.45, 2.75) is 6.92 Å². The van der Waals surface area contributed by atoms with Crippen molar-refractivity contribution < 1.29 is 4.79 Å². The van der Waals surface area contributed by atoms with E-state index in [0.717, 1.165) is 22.0 Å². The fraction of sp³-hybridized carbons (Fsp3) is 0.0769. The molecule has 0 saturated heterocycles. The van der Waals surface area contributed by atoms with E-state index in [9.17, 15) is 4.79 Å². The van der Waals surface area contributed by atoms with E-state index in [2.05, 4.69) is 20.2 Å². The number of benzene rings is 1. The number of H-pyrrole nitrogens is 1. The second-order valence-corrected chi connectivity index (χ2v) is 4.24. The van der Waals surface area contributed by atoms with Crippen molar-refractivity contribution in [2.75, 3.05) is 0 Å². The molecule has 0 atom stereocenters. The van der Waals surface area contributed by atoms with Crippen molar-refractivity contribution in [1.29, 1.82) is 0 Å². The molecule has 3 rings (SSSR count). The van der Waals surface area contributed by atoms with Crippen molar-refractivity contribution in [2.24, 2.45) is 5.73 Å². The number of carbonyl (C=O) groups excluding carboxylic acids is 1. The predicted octanol–water partition coefficient (Wildman–Crippen LogP) is 1.43.